The second-order valence-electron chi connectivity index (χ2n) is 4.46. The van der Waals surface area contributed by atoms with Crippen molar-refractivity contribution in [2.75, 3.05) is 20.3 Å². The molecule has 0 aromatic carbocycles. The maximum atomic E-state index is 12.0. The minimum atomic E-state index is -0.746. The van der Waals surface area contributed by atoms with Crippen molar-refractivity contribution in [2.45, 2.75) is 37.3 Å². The number of nitrogens with two attached hydrogens (primary N) is 1. The van der Waals surface area contributed by atoms with Crippen LogP contribution in [0.5, 0.6) is 0 Å². The van der Waals surface area contributed by atoms with E-state index in [0.717, 1.165) is 12.8 Å². The molecule has 2 N–H and O–H groups in total. The molecule has 0 bridgehead atoms. The highest BCUT2D eigenvalue weighted by Gasteiger charge is 2.42. The van der Waals surface area contributed by atoms with Gasteiger partial charge in [0.05, 0.1) is 6.61 Å². The average Bonchev–Trinajstić information content (AvgIpc) is 2.49. The molecule has 0 radical (unpaired) electrons. The lowest BCUT2D eigenvalue weighted by Crippen LogP contribution is -2.58. The molecule has 1 aliphatic heterocycles. The number of nitrogens with zero attached hydrogens (tertiary/aromatic N) is 1. The normalized spacial score (nSPS) is 32.7. The summed E-state index contributed by atoms with van der Waals surface area (Å²) in [7, 11) is 1.86. The standard InChI is InChI=1S/C10H18N2O2/c1-12(8-3-2-4-8)9(13)10(11)5-6-14-7-10/h8H,2-7,11H2,1H3. The lowest BCUT2D eigenvalue weighted by Gasteiger charge is -2.38. The van der Waals surface area contributed by atoms with E-state index in [2.05, 4.69) is 0 Å². The number of hydrogen-bond donors (Lipinski definition) is 1. The van der Waals surface area contributed by atoms with Crippen molar-refractivity contribution >= 4 is 5.91 Å². The van der Waals surface area contributed by atoms with Gasteiger partial charge in [-0.1, -0.05) is 0 Å². The number of amides is 1. The van der Waals surface area contributed by atoms with Gasteiger partial charge in [-0.3, -0.25) is 4.79 Å². The molecule has 14 heavy (non-hydrogen) atoms. The number of hydrogen-bond acceptors (Lipinski definition) is 3. The summed E-state index contributed by atoms with van der Waals surface area (Å²) in [4.78, 5) is 13.8. The number of carbonyl (C=O) groups is 1. The maximum absolute atomic E-state index is 12.0. The molecule has 1 amide bonds. The van der Waals surface area contributed by atoms with E-state index in [-0.39, 0.29) is 5.91 Å². The van der Waals surface area contributed by atoms with E-state index in [9.17, 15) is 4.79 Å². The van der Waals surface area contributed by atoms with E-state index in [4.69, 9.17) is 10.5 Å². The highest BCUT2D eigenvalue weighted by molar-refractivity contribution is 5.86. The first-order chi connectivity index (χ1) is 6.63. The molecule has 0 aromatic rings. The Balaban J connectivity index is 1.98. The third-order valence-corrected chi connectivity index (χ3v) is 3.42. The maximum Gasteiger partial charge on any atom is 0.245 e. The van der Waals surface area contributed by atoms with Crippen LogP contribution in [0.4, 0.5) is 0 Å². The summed E-state index contributed by atoms with van der Waals surface area (Å²) in [5.74, 6) is 0.0553. The summed E-state index contributed by atoms with van der Waals surface area (Å²) in [6, 6.07) is 0.420. The van der Waals surface area contributed by atoms with Crippen LogP contribution in [0.2, 0.25) is 0 Å². The van der Waals surface area contributed by atoms with Gasteiger partial charge in [-0.25, -0.2) is 0 Å². The summed E-state index contributed by atoms with van der Waals surface area (Å²) in [6.07, 6.45) is 4.14. The summed E-state index contributed by atoms with van der Waals surface area (Å²) in [5, 5.41) is 0. The number of ether oxygens (including phenoxy) is 1. The predicted molar refractivity (Wildman–Crippen MR) is 52.8 cm³/mol. The fraction of sp³-hybridized carbons (Fsp3) is 0.900. The molecular weight excluding hydrogens is 180 g/mol. The summed E-state index contributed by atoms with van der Waals surface area (Å²) in [6.45, 7) is 0.990. The molecule has 4 nitrogen and oxygen atoms in total. The lowest BCUT2D eigenvalue weighted by molar-refractivity contribution is -0.139. The van der Waals surface area contributed by atoms with Crippen LogP contribution in [0.3, 0.4) is 0 Å². The highest BCUT2D eigenvalue weighted by atomic mass is 16.5. The van der Waals surface area contributed by atoms with Crippen molar-refractivity contribution in [3.05, 3.63) is 0 Å². The lowest BCUT2D eigenvalue weighted by atomic mass is 9.89. The molecule has 0 spiro atoms. The summed E-state index contributed by atoms with van der Waals surface area (Å²) in [5.41, 5.74) is 5.26. The second-order valence-corrected chi connectivity index (χ2v) is 4.46. The van der Waals surface area contributed by atoms with Crippen LogP contribution in [0.25, 0.3) is 0 Å². The van der Waals surface area contributed by atoms with Gasteiger partial charge in [0, 0.05) is 19.7 Å². The monoisotopic (exact) mass is 198 g/mol. The Kier molecular flexibility index (Phi) is 2.49. The Labute approximate surface area is 84.4 Å². The SMILES string of the molecule is CN(C(=O)C1(N)CCOC1)C1CCC1. The van der Waals surface area contributed by atoms with Crippen molar-refractivity contribution in [3.8, 4) is 0 Å². The molecule has 80 valence electrons. The van der Waals surface area contributed by atoms with Crippen molar-refractivity contribution in [2.24, 2.45) is 5.73 Å². The van der Waals surface area contributed by atoms with E-state index < -0.39 is 5.54 Å². The Morgan fingerprint density at radius 1 is 1.57 bits per heavy atom. The molecule has 1 aliphatic carbocycles. The van der Waals surface area contributed by atoms with E-state index in [1.54, 1.807) is 0 Å². The van der Waals surface area contributed by atoms with Crippen molar-refractivity contribution in [1.82, 2.24) is 4.90 Å². The first kappa shape index (κ1) is 9.93. The van der Waals surface area contributed by atoms with Crippen LogP contribution in [0.1, 0.15) is 25.7 Å². The highest BCUT2D eigenvalue weighted by Crippen LogP contribution is 2.27. The zero-order valence-electron chi connectivity index (χ0n) is 8.66. The predicted octanol–water partition coefficient (Wildman–Crippen LogP) is 0.115. The molecular formula is C10H18N2O2. The Hall–Kier alpha value is -0.610. The molecule has 1 saturated carbocycles. The molecule has 0 aromatic heterocycles. The van der Waals surface area contributed by atoms with Crippen LogP contribution in [-0.2, 0) is 9.53 Å². The minimum Gasteiger partial charge on any atom is -0.379 e. The fourth-order valence-corrected chi connectivity index (χ4v) is 2.04. The summed E-state index contributed by atoms with van der Waals surface area (Å²) >= 11 is 0. The molecule has 1 atom stereocenters. The van der Waals surface area contributed by atoms with E-state index >= 15 is 0 Å². The Morgan fingerprint density at radius 2 is 2.29 bits per heavy atom. The molecule has 2 aliphatic rings. The molecule has 2 rings (SSSR count). The number of rotatable bonds is 2. The van der Waals surface area contributed by atoms with Crippen LogP contribution < -0.4 is 5.73 Å². The quantitative estimate of drug-likeness (QED) is 0.685. The molecule has 4 heteroatoms. The molecule has 1 unspecified atom stereocenters. The van der Waals surface area contributed by atoms with Crippen LogP contribution in [0.15, 0.2) is 0 Å². The first-order valence-electron chi connectivity index (χ1n) is 5.27. The largest absolute Gasteiger partial charge is 0.379 e. The van der Waals surface area contributed by atoms with Crippen molar-refractivity contribution in [1.29, 1.82) is 0 Å². The fourth-order valence-electron chi connectivity index (χ4n) is 2.04. The van der Waals surface area contributed by atoms with Gasteiger partial charge in [0.25, 0.3) is 0 Å². The van der Waals surface area contributed by atoms with E-state index in [1.807, 2.05) is 11.9 Å². The van der Waals surface area contributed by atoms with Crippen molar-refractivity contribution in [3.63, 3.8) is 0 Å². The van der Waals surface area contributed by atoms with Crippen LogP contribution in [0, 0.1) is 0 Å². The van der Waals surface area contributed by atoms with Gasteiger partial charge in [-0.05, 0) is 25.7 Å². The topological polar surface area (TPSA) is 55.6 Å². The molecule has 2 fully saturated rings. The second kappa shape index (κ2) is 3.51. The van der Waals surface area contributed by atoms with Crippen molar-refractivity contribution < 1.29 is 9.53 Å². The van der Waals surface area contributed by atoms with E-state index in [1.165, 1.54) is 6.42 Å². The van der Waals surface area contributed by atoms with Crippen LogP contribution in [-0.4, -0.2) is 42.6 Å². The molecule has 1 heterocycles. The average molecular weight is 198 g/mol. The Morgan fingerprint density at radius 3 is 2.71 bits per heavy atom. The van der Waals surface area contributed by atoms with Gasteiger partial charge >= 0.3 is 0 Å². The van der Waals surface area contributed by atoms with Crippen LogP contribution >= 0.6 is 0 Å². The number of carbonyl (C=O) groups excluding carboxylic acids is 1. The molecule has 1 saturated heterocycles. The van der Waals surface area contributed by atoms with Gasteiger partial charge in [0.15, 0.2) is 0 Å². The third-order valence-electron chi connectivity index (χ3n) is 3.42. The Bertz CT molecular complexity index is 232. The zero-order valence-corrected chi connectivity index (χ0v) is 8.66. The van der Waals surface area contributed by atoms with E-state index in [0.29, 0.717) is 25.7 Å². The smallest absolute Gasteiger partial charge is 0.245 e. The first-order valence-corrected chi connectivity index (χ1v) is 5.27. The zero-order chi connectivity index (χ0) is 10.2. The number of likely N-dealkylation sites (N-methyl/N-ethyl adjacent to an activating group) is 1. The van der Waals surface area contributed by atoms with Gasteiger partial charge in [-0.15, -0.1) is 0 Å². The third kappa shape index (κ3) is 1.53. The summed E-state index contributed by atoms with van der Waals surface area (Å²) < 4.78 is 5.19. The van der Waals surface area contributed by atoms with Gasteiger partial charge in [0.2, 0.25) is 5.91 Å². The van der Waals surface area contributed by atoms with Gasteiger partial charge in [0.1, 0.15) is 5.54 Å². The van der Waals surface area contributed by atoms with Gasteiger partial charge < -0.3 is 15.4 Å². The minimum absolute atomic E-state index is 0.0553. The van der Waals surface area contributed by atoms with Gasteiger partial charge in [-0.2, -0.15) is 0 Å².